The lowest BCUT2D eigenvalue weighted by atomic mass is 10.2. The second-order valence-corrected chi connectivity index (χ2v) is 7.87. The SMILES string of the molecule is CCCNS(=O)(=O)c1ccc(Nc2nc(C(F)(F)F)nc3ccc(F)cc23)cc1. The first kappa shape index (κ1) is 20.9. The molecular weight excluding hydrogens is 412 g/mol. The summed E-state index contributed by atoms with van der Waals surface area (Å²) in [6, 6.07) is 8.50. The van der Waals surface area contributed by atoms with E-state index in [0.717, 1.165) is 18.2 Å². The highest BCUT2D eigenvalue weighted by Gasteiger charge is 2.35. The van der Waals surface area contributed by atoms with Crippen LogP contribution >= 0.6 is 0 Å². The topological polar surface area (TPSA) is 84.0 Å². The first-order chi connectivity index (χ1) is 13.6. The molecule has 0 aliphatic carbocycles. The molecule has 0 aliphatic heterocycles. The predicted molar refractivity (Wildman–Crippen MR) is 99.7 cm³/mol. The van der Waals surface area contributed by atoms with Crippen molar-refractivity contribution in [3.63, 3.8) is 0 Å². The first-order valence-electron chi connectivity index (χ1n) is 8.51. The number of halogens is 4. The lowest BCUT2D eigenvalue weighted by molar-refractivity contribution is -0.144. The van der Waals surface area contributed by atoms with Crippen LogP contribution in [0, 0.1) is 5.82 Å². The molecule has 0 unspecified atom stereocenters. The van der Waals surface area contributed by atoms with Crippen LogP contribution < -0.4 is 10.0 Å². The quantitative estimate of drug-likeness (QED) is 0.575. The lowest BCUT2D eigenvalue weighted by Gasteiger charge is -2.13. The van der Waals surface area contributed by atoms with Gasteiger partial charge in [0, 0.05) is 17.6 Å². The largest absolute Gasteiger partial charge is 0.451 e. The highest BCUT2D eigenvalue weighted by molar-refractivity contribution is 7.89. The summed E-state index contributed by atoms with van der Waals surface area (Å²) in [7, 11) is -3.68. The van der Waals surface area contributed by atoms with Gasteiger partial charge in [-0.2, -0.15) is 13.2 Å². The van der Waals surface area contributed by atoms with Gasteiger partial charge in [0.1, 0.15) is 11.6 Å². The van der Waals surface area contributed by atoms with Gasteiger partial charge < -0.3 is 5.32 Å². The fourth-order valence-corrected chi connectivity index (χ4v) is 3.63. The van der Waals surface area contributed by atoms with Gasteiger partial charge in [-0.05, 0) is 48.9 Å². The summed E-state index contributed by atoms with van der Waals surface area (Å²) in [4.78, 5) is 6.92. The van der Waals surface area contributed by atoms with Crippen molar-refractivity contribution in [2.24, 2.45) is 0 Å². The van der Waals surface area contributed by atoms with E-state index in [1.165, 1.54) is 24.3 Å². The fourth-order valence-electron chi connectivity index (χ4n) is 2.50. The van der Waals surface area contributed by atoms with Crippen molar-refractivity contribution in [3.8, 4) is 0 Å². The van der Waals surface area contributed by atoms with Crippen LogP contribution in [0.25, 0.3) is 10.9 Å². The fraction of sp³-hybridized carbons (Fsp3) is 0.222. The summed E-state index contributed by atoms with van der Waals surface area (Å²) in [6.45, 7) is 2.10. The standard InChI is InChI=1S/C18H16F4N4O2S/c1-2-9-23-29(27,28)13-6-4-12(5-7-13)24-16-14-10-11(19)3-8-15(14)25-17(26-16)18(20,21)22/h3-8,10,23H,2,9H2,1H3,(H,24,25,26). The molecule has 0 saturated heterocycles. The third kappa shape index (κ3) is 4.80. The van der Waals surface area contributed by atoms with Crippen molar-refractivity contribution in [3.05, 3.63) is 54.1 Å². The summed E-state index contributed by atoms with van der Waals surface area (Å²) in [5, 5.41) is 2.73. The Labute approximate surface area is 164 Å². The summed E-state index contributed by atoms with van der Waals surface area (Å²) in [5.74, 6) is -2.28. The van der Waals surface area contributed by atoms with Crippen molar-refractivity contribution in [1.29, 1.82) is 0 Å². The summed E-state index contributed by atoms with van der Waals surface area (Å²) < 4.78 is 79.5. The Balaban J connectivity index is 1.98. The molecule has 3 aromatic rings. The molecule has 6 nitrogen and oxygen atoms in total. The summed E-state index contributed by atoms with van der Waals surface area (Å²) >= 11 is 0. The second kappa shape index (κ2) is 7.91. The minimum Gasteiger partial charge on any atom is -0.340 e. The number of nitrogens with one attached hydrogen (secondary N) is 2. The minimum absolute atomic E-state index is 0.00562. The molecular formula is C18H16F4N4O2S. The monoisotopic (exact) mass is 428 g/mol. The number of rotatable bonds is 6. The Bertz CT molecular complexity index is 1130. The molecule has 2 aromatic carbocycles. The normalized spacial score (nSPS) is 12.3. The number of benzene rings is 2. The zero-order valence-corrected chi connectivity index (χ0v) is 15.9. The molecule has 0 saturated carbocycles. The lowest BCUT2D eigenvalue weighted by Crippen LogP contribution is -2.24. The zero-order chi connectivity index (χ0) is 21.2. The van der Waals surface area contributed by atoms with E-state index < -0.39 is 27.8 Å². The predicted octanol–water partition coefficient (Wildman–Crippen LogP) is 4.22. The Hall–Kier alpha value is -2.79. The third-order valence-electron chi connectivity index (χ3n) is 3.88. The van der Waals surface area contributed by atoms with Gasteiger partial charge in [0.15, 0.2) is 0 Å². The average molecular weight is 428 g/mol. The van der Waals surface area contributed by atoms with E-state index in [9.17, 15) is 26.0 Å². The van der Waals surface area contributed by atoms with Gasteiger partial charge in [-0.15, -0.1) is 0 Å². The van der Waals surface area contributed by atoms with Crippen LogP contribution in [0.5, 0.6) is 0 Å². The number of alkyl halides is 3. The van der Waals surface area contributed by atoms with Crippen molar-refractivity contribution in [2.45, 2.75) is 24.4 Å². The van der Waals surface area contributed by atoms with Crippen LogP contribution in [0.4, 0.5) is 29.1 Å². The molecule has 11 heteroatoms. The van der Waals surface area contributed by atoms with Crippen LogP contribution in [0.2, 0.25) is 0 Å². The van der Waals surface area contributed by atoms with E-state index in [2.05, 4.69) is 20.0 Å². The van der Waals surface area contributed by atoms with Gasteiger partial charge in [-0.25, -0.2) is 27.5 Å². The van der Waals surface area contributed by atoms with Crippen molar-refractivity contribution >= 4 is 32.4 Å². The van der Waals surface area contributed by atoms with E-state index in [1.807, 2.05) is 6.92 Å². The number of hydrogen-bond donors (Lipinski definition) is 2. The van der Waals surface area contributed by atoms with Crippen LogP contribution in [0.3, 0.4) is 0 Å². The third-order valence-corrected chi connectivity index (χ3v) is 5.36. The number of aromatic nitrogens is 2. The smallest absolute Gasteiger partial charge is 0.340 e. The van der Waals surface area contributed by atoms with Crippen molar-refractivity contribution in [2.75, 3.05) is 11.9 Å². The van der Waals surface area contributed by atoms with E-state index in [-0.39, 0.29) is 33.8 Å². The molecule has 3 rings (SSSR count). The van der Waals surface area contributed by atoms with Crippen LogP contribution in [0.1, 0.15) is 19.2 Å². The molecule has 154 valence electrons. The van der Waals surface area contributed by atoms with E-state index in [4.69, 9.17) is 0 Å². The minimum atomic E-state index is -4.79. The molecule has 0 atom stereocenters. The zero-order valence-electron chi connectivity index (χ0n) is 15.1. The summed E-state index contributed by atoms with van der Waals surface area (Å²) in [6.07, 6.45) is -4.17. The molecule has 1 heterocycles. The Morgan fingerprint density at radius 2 is 1.72 bits per heavy atom. The molecule has 0 fully saturated rings. The van der Waals surface area contributed by atoms with E-state index >= 15 is 0 Å². The van der Waals surface area contributed by atoms with Gasteiger partial charge in [-0.3, -0.25) is 0 Å². The maximum atomic E-state index is 13.6. The Kier molecular flexibility index (Phi) is 5.71. The van der Waals surface area contributed by atoms with Crippen LogP contribution in [-0.2, 0) is 16.2 Å². The van der Waals surface area contributed by atoms with Gasteiger partial charge in [0.25, 0.3) is 0 Å². The van der Waals surface area contributed by atoms with Gasteiger partial charge in [-0.1, -0.05) is 6.92 Å². The Morgan fingerprint density at radius 3 is 2.34 bits per heavy atom. The molecule has 1 aromatic heterocycles. The van der Waals surface area contributed by atoms with Gasteiger partial charge in [0.2, 0.25) is 15.8 Å². The maximum absolute atomic E-state index is 13.6. The molecule has 0 radical (unpaired) electrons. The van der Waals surface area contributed by atoms with Crippen molar-refractivity contribution in [1.82, 2.24) is 14.7 Å². The highest BCUT2D eigenvalue weighted by Crippen LogP contribution is 2.32. The molecule has 0 bridgehead atoms. The first-order valence-corrected chi connectivity index (χ1v) is 10.00. The van der Waals surface area contributed by atoms with Crippen LogP contribution in [-0.4, -0.2) is 24.9 Å². The van der Waals surface area contributed by atoms with Gasteiger partial charge >= 0.3 is 6.18 Å². The number of sulfonamides is 1. The maximum Gasteiger partial charge on any atom is 0.451 e. The number of fused-ring (bicyclic) bond motifs is 1. The summed E-state index contributed by atoms with van der Waals surface area (Å²) in [5.41, 5.74) is 0.191. The number of nitrogens with zero attached hydrogens (tertiary/aromatic N) is 2. The number of anilines is 2. The molecule has 0 aliphatic rings. The molecule has 2 N–H and O–H groups in total. The van der Waals surface area contributed by atoms with Crippen molar-refractivity contribution < 1.29 is 26.0 Å². The average Bonchev–Trinajstić information content (AvgIpc) is 2.66. The molecule has 29 heavy (non-hydrogen) atoms. The Morgan fingerprint density at radius 1 is 1.03 bits per heavy atom. The number of hydrogen-bond acceptors (Lipinski definition) is 5. The van der Waals surface area contributed by atoms with E-state index in [1.54, 1.807) is 0 Å². The molecule has 0 amide bonds. The second-order valence-electron chi connectivity index (χ2n) is 6.10. The molecule has 0 spiro atoms. The highest BCUT2D eigenvalue weighted by atomic mass is 32.2. The van der Waals surface area contributed by atoms with E-state index in [0.29, 0.717) is 6.42 Å². The van der Waals surface area contributed by atoms with Gasteiger partial charge in [0.05, 0.1) is 10.4 Å². The van der Waals surface area contributed by atoms with Crippen LogP contribution in [0.15, 0.2) is 47.4 Å².